The number of carboxylic acid groups (broad SMARTS) is 1. The predicted molar refractivity (Wildman–Crippen MR) is 67.4 cm³/mol. The first-order valence-corrected chi connectivity index (χ1v) is 6.30. The second-order valence-electron chi connectivity index (χ2n) is 4.85. The SMILES string of the molecule is Cn1nccc1CNC(=O)NC1(C(=O)O)CCCC1. The van der Waals surface area contributed by atoms with Crippen LogP contribution >= 0.6 is 0 Å². The van der Waals surface area contributed by atoms with Crippen molar-refractivity contribution in [2.45, 2.75) is 37.8 Å². The predicted octanol–water partition coefficient (Wildman–Crippen LogP) is 0.617. The lowest BCUT2D eigenvalue weighted by Crippen LogP contribution is -2.55. The van der Waals surface area contributed by atoms with Crippen molar-refractivity contribution < 1.29 is 14.7 Å². The van der Waals surface area contributed by atoms with E-state index in [2.05, 4.69) is 15.7 Å². The summed E-state index contributed by atoms with van der Waals surface area (Å²) in [5.74, 6) is -0.958. The van der Waals surface area contributed by atoms with E-state index in [0.717, 1.165) is 18.5 Å². The number of aryl methyl sites for hydroxylation is 1. The van der Waals surface area contributed by atoms with Gasteiger partial charge in [-0.25, -0.2) is 9.59 Å². The van der Waals surface area contributed by atoms with Gasteiger partial charge in [0.05, 0.1) is 12.2 Å². The van der Waals surface area contributed by atoms with Gasteiger partial charge in [-0.2, -0.15) is 5.10 Å². The number of carboxylic acids is 1. The summed E-state index contributed by atoms with van der Waals surface area (Å²) in [6.45, 7) is 0.317. The number of hydrogen-bond acceptors (Lipinski definition) is 3. The molecule has 0 bridgehead atoms. The topological polar surface area (TPSA) is 96.3 Å². The molecule has 1 saturated carbocycles. The highest BCUT2D eigenvalue weighted by Gasteiger charge is 2.42. The maximum Gasteiger partial charge on any atom is 0.329 e. The minimum Gasteiger partial charge on any atom is -0.480 e. The van der Waals surface area contributed by atoms with Crippen LogP contribution in [0, 0.1) is 0 Å². The zero-order chi connectivity index (χ0) is 13.9. The maximum atomic E-state index is 11.8. The number of rotatable bonds is 4. The summed E-state index contributed by atoms with van der Waals surface area (Å²) in [4.78, 5) is 23.1. The third kappa shape index (κ3) is 2.86. The number of nitrogens with zero attached hydrogens (tertiary/aromatic N) is 2. The van der Waals surface area contributed by atoms with E-state index < -0.39 is 17.5 Å². The fourth-order valence-electron chi connectivity index (χ4n) is 2.38. The first-order chi connectivity index (χ1) is 9.03. The summed E-state index contributed by atoms with van der Waals surface area (Å²) in [6, 6.07) is 1.34. The summed E-state index contributed by atoms with van der Waals surface area (Å²) in [6.07, 6.45) is 4.27. The van der Waals surface area contributed by atoms with Crippen molar-refractivity contribution in [3.8, 4) is 0 Å². The van der Waals surface area contributed by atoms with Gasteiger partial charge in [-0.05, 0) is 18.9 Å². The quantitative estimate of drug-likeness (QED) is 0.744. The molecule has 0 saturated heterocycles. The van der Waals surface area contributed by atoms with Gasteiger partial charge in [0.2, 0.25) is 0 Å². The molecule has 0 radical (unpaired) electrons. The summed E-state index contributed by atoms with van der Waals surface area (Å²) in [5, 5.41) is 18.5. The van der Waals surface area contributed by atoms with Gasteiger partial charge < -0.3 is 15.7 Å². The molecule has 0 spiro atoms. The molecule has 1 heterocycles. The van der Waals surface area contributed by atoms with Gasteiger partial charge in [0.15, 0.2) is 0 Å². The third-order valence-electron chi connectivity index (χ3n) is 3.57. The molecule has 2 amide bonds. The molecule has 7 nitrogen and oxygen atoms in total. The highest BCUT2D eigenvalue weighted by molar-refractivity contribution is 5.86. The number of carbonyl (C=O) groups is 2. The summed E-state index contributed by atoms with van der Waals surface area (Å²) >= 11 is 0. The van der Waals surface area contributed by atoms with Crippen LogP contribution in [-0.2, 0) is 18.4 Å². The molecular weight excluding hydrogens is 248 g/mol. The van der Waals surface area contributed by atoms with E-state index in [1.807, 2.05) is 0 Å². The number of nitrogens with one attached hydrogen (secondary N) is 2. The summed E-state index contributed by atoms with van der Waals surface area (Å²) in [7, 11) is 1.78. The number of aliphatic carboxylic acids is 1. The van der Waals surface area contributed by atoms with Gasteiger partial charge in [0.1, 0.15) is 5.54 Å². The number of amides is 2. The smallest absolute Gasteiger partial charge is 0.329 e. The summed E-state index contributed by atoms with van der Waals surface area (Å²) < 4.78 is 1.66. The maximum absolute atomic E-state index is 11.8. The third-order valence-corrected chi connectivity index (χ3v) is 3.57. The van der Waals surface area contributed by atoms with Crippen LogP contribution in [0.3, 0.4) is 0 Å². The van der Waals surface area contributed by atoms with Crippen molar-refractivity contribution >= 4 is 12.0 Å². The molecule has 0 aliphatic heterocycles. The summed E-state index contributed by atoms with van der Waals surface area (Å²) in [5.41, 5.74) is -0.248. The van der Waals surface area contributed by atoms with Crippen molar-refractivity contribution in [1.82, 2.24) is 20.4 Å². The molecule has 1 aromatic heterocycles. The first kappa shape index (κ1) is 13.4. The van der Waals surface area contributed by atoms with E-state index in [1.165, 1.54) is 0 Å². The molecule has 104 valence electrons. The highest BCUT2D eigenvalue weighted by atomic mass is 16.4. The van der Waals surface area contributed by atoms with Crippen LogP contribution in [0.15, 0.2) is 12.3 Å². The lowest BCUT2D eigenvalue weighted by atomic mass is 9.98. The highest BCUT2D eigenvalue weighted by Crippen LogP contribution is 2.29. The van der Waals surface area contributed by atoms with E-state index in [4.69, 9.17) is 0 Å². The molecule has 7 heteroatoms. The molecule has 19 heavy (non-hydrogen) atoms. The Labute approximate surface area is 111 Å². The van der Waals surface area contributed by atoms with Crippen LogP contribution in [0.5, 0.6) is 0 Å². The first-order valence-electron chi connectivity index (χ1n) is 6.30. The fourth-order valence-corrected chi connectivity index (χ4v) is 2.38. The molecule has 2 rings (SSSR count). The van der Waals surface area contributed by atoms with E-state index >= 15 is 0 Å². The molecule has 1 aliphatic carbocycles. The minimum atomic E-state index is -1.10. The van der Waals surface area contributed by atoms with E-state index in [9.17, 15) is 14.7 Å². The standard InChI is InChI=1S/C12H18N4O3/c1-16-9(4-7-14-16)8-13-11(19)15-12(10(17)18)5-2-3-6-12/h4,7H,2-3,5-6,8H2,1H3,(H,17,18)(H2,13,15,19). The number of hydrogen-bond donors (Lipinski definition) is 3. The Morgan fingerprint density at radius 3 is 2.68 bits per heavy atom. The van der Waals surface area contributed by atoms with Crippen molar-refractivity contribution in [3.05, 3.63) is 18.0 Å². The Bertz CT molecular complexity index is 477. The molecule has 0 aromatic carbocycles. The molecule has 0 unspecified atom stereocenters. The van der Waals surface area contributed by atoms with E-state index in [0.29, 0.717) is 19.4 Å². The van der Waals surface area contributed by atoms with E-state index in [1.54, 1.807) is 24.0 Å². The molecular formula is C12H18N4O3. The van der Waals surface area contributed by atoms with Crippen LogP contribution in [-0.4, -0.2) is 32.4 Å². The van der Waals surface area contributed by atoms with Crippen molar-refractivity contribution in [1.29, 1.82) is 0 Å². The van der Waals surface area contributed by atoms with Crippen LogP contribution in [0.25, 0.3) is 0 Å². The lowest BCUT2D eigenvalue weighted by molar-refractivity contribution is -0.144. The van der Waals surface area contributed by atoms with Gasteiger partial charge in [-0.15, -0.1) is 0 Å². The molecule has 1 aliphatic rings. The second kappa shape index (κ2) is 5.29. The molecule has 0 atom stereocenters. The van der Waals surface area contributed by atoms with Crippen molar-refractivity contribution in [2.24, 2.45) is 7.05 Å². The van der Waals surface area contributed by atoms with Gasteiger partial charge in [-0.3, -0.25) is 4.68 Å². The average molecular weight is 266 g/mol. The van der Waals surface area contributed by atoms with Gasteiger partial charge in [-0.1, -0.05) is 12.8 Å². The number of aromatic nitrogens is 2. The Hall–Kier alpha value is -2.05. The van der Waals surface area contributed by atoms with Gasteiger partial charge in [0.25, 0.3) is 0 Å². The normalized spacial score (nSPS) is 17.1. The van der Waals surface area contributed by atoms with Crippen molar-refractivity contribution in [2.75, 3.05) is 0 Å². The lowest BCUT2D eigenvalue weighted by Gasteiger charge is -2.25. The Balaban J connectivity index is 1.90. The van der Waals surface area contributed by atoms with Gasteiger partial charge in [0, 0.05) is 13.2 Å². The molecule has 1 aromatic rings. The number of carbonyl (C=O) groups excluding carboxylic acids is 1. The minimum absolute atomic E-state index is 0.317. The van der Waals surface area contributed by atoms with Crippen molar-refractivity contribution in [3.63, 3.8) is 0 Å². The Morgan fingerprint density at radius 1 is 1.47 bits per heavy atom. The van der Waals surface area contributed by atoms with Crippen LogP contribution in [0.2, 0.25) is 0 Å². The Morgan fingerprint density at radius 2 is 2.16 bits per heavy atom. The van der Waals surface area contributed by atoms with Crippen LogP contribution < -0.4 is 10.6 Å². The monoisotopic (exact) mass is 266 g/mol. The Kier molecular flexibility index (Phi) is 3.73. The van der Waals surface area contributed by atoms with Crippen LogP contribution in [0.1, 0.15) is 31.4 Å². The zero-order valence-electron chi connectivity index (χ0n) is 10.8. The number of urea groups is 1. The van der Waals surface area contributed by atoms with Crippen LogP contribution in [0.4, 0.5) is 4.79 Å². The van der Waals surface area contributed by atoms with E-state index in [-0.39, 0.29) is 0 Å². The van der Waals surface area contributed by atoms with Gasteiger partial charge >= 0.3 is 12.0 Å². The average Bonchev–Trinajstić information content (AvgIpc) is 2.97. The second-order valence-corrected chi connectivity index (χ2v) is 4.85. The zero-order valence-corrected chi connectivity index (χ0v) is 10.8. The fraction of sp³-hybridized carbons (Fsp3) is 0.583. The largest absolute Gasteiger partial charge is 0.480 e. The molecule has 1 fully saturated rings. The molecule has 3 N–H and O–H groups in total.